The quantitative estimate of drug-likeness (QED) is 0.469. The van der Waals surface area contributed by atoms with E-state index in [2.05, 4.69) is 4.31 Å². The van der Waals surface area contributed by atoms with Crippen LogP contribution in [0.4, 0.5) is 0 Å². The van der Waals surface area contributed by atoms with E-state index >= 15 is 0 Å². The molecule has 68 valence electrons. The van der Waals surface area contributed by atoms with E-state index in [0.717, 1.165) is 0 Å². The lowest BCUT2D eigenvalue weighted by Crippen LogP contribution is -2.09. The summed E-state index contributed by atoms with van der Waals surface area (Å²) in [5, 5.41) is 1.88. The van der Waals surface area contributed by atoms with Gasteiger partial charge in [0, 0.05) is 6.54 Å². The van der Waals surface area contributed by atoms with Crippen molar-refractivity contribution in [3.05, 3.63) is 0 Å². The molecule has 0 fully saturated rings. The highest BCUT2D eigenvalue weighted by Gasteiger charge is 2.29. The van der Waals surface area contributed by atoms with Crippen LogP contribution in [0, 0.1) is 0 Å². The summed E-state index contributed by atoms with van der Waals surface area (Å²) in [6.45, 7) is 1.57. The van der Waals surface area contributed by atoms with Gasteiger partial charge in [-0.05, 0) is 0 Å². The smallest absolute Gasteiger partial charge is 0.312 e. The highest BCUT2D eigenvalue weighted by atomic mass is 31.3. The second kappa shape index (κ2) is 3.78. The average molecular weight is 205 g/mol. The molecule has 0 aromatic carbocycles. The van der Waals surface area contributed by atoms with Gasteiger partial charge in [-0.15, -0.1) is 0 Å². The van der Waals surface area contributed by atoms with E-state index in [4.69, 9.17) is 14.7 Å². The summed E-state index contributed by atoms with van der Waals surface area (Å²) in [6, 6.07) is 0. The standard InChI is InChI=1S/C2H9NO6P2/c1-2-3-10(4,5)9-11(6,7)8/h2H2,1H3,(H2,3,4,5)(H2,6,7,8). The molecule has 1 atom stereocenters. The van der Waals surface area contributed by atoms with Crippen LogP contribution in [0.2, 0.25) is 0 Å². The Labute approximate surface area is 63.2 Å². The molecular weight excluding hydrogens is 196 g/mol. The molecule has 0 rings (SSSR count). The number of nitrogens with one attached hydrogen (secondary N) is 1. The van der Waals surface area contributed by atoms with Gasteiger partial charge in [0.15, 0.2) is 0 Å². The number of hydrogen-bond acceptors (Lipinski definition) is 3. The maximum absolute atomic E-state index is 10.6. The average Bonchev–Trinajstić information content (AvgIpc) is 1.55. The summed E-state index contributed by atoms with van der Waals surface area (Å²) in [4.78, 5) is 24.8. The number of phosphoric acid groups is 1. The zero-order valence-corrected chi connectivity index (χ0v) is 7.46. The van der Waals surface area contributed by atoms with Crippen LogP contribution in [-0.2, 0) is 13.4 Å². The zero-order chi connectivity index (χ0) is 9.12. The van der Waals surface area contributed by atoms with Gasteiger partial charge in [-0.25, -0.2) is 14.2 Å². The zero-order valence-electron chi connectivity index (χ0n) is 5.67. The van der Waals surface area contributed by atoms with Crippen LogP contribution in [0.25, 0.3) is 0 Å². The minimum Gasteiger partial charge on any atom is -0.312 e. The first-order chi connectivity index (χ1) is 4.77. The summed E-state index contributed by atoms with van der Waals surface area (Å²) in [5.41, 5.74) is 0. The Morgan fingerprint density at radius 3 is 2.09 bits per heavy atom. The van der Waals surface area contributed by atoms with Gasteiger partial charge in [-0.2, -0.15) is 4.31 Å². The maximum Gasteiger partial charge on any atom is 0.477 e. The third-order valence-electron chi connectivity index (χ3n) is 0.575. The van der Waals surface area contributed by atoms with E-state index in [0.29, 0.717) is 0 Å². The molecule has 0 aliphatic rings. The van der Waals surface area contributed by atoms with Crippen molar-refractivity contribution < 1.29 is 28.1 Å². The minimum absolute atomic E-state index is 0.0772. The van der Waals surface area contributed by atoms with E-state index < -0.39 is 15.6 Å². The van der Waals surface area contributed by atoms with Gasteiger partial charge in [-0.3, -0.25) is 0 Å². The number of hydrogen-bond donors (Lipinski definition) is 4. The molecule has 0 heterocycles. The largest absolute Gasteiger partial charge is 0.477 e. The van der Waals surface area contributed by atoms with Crippen molar-refractivity contribution in [3.8, 4) is 0 Å². The first kappa shape index (κ1) is 11.3. The Bertz CT molecular complexity index is 209. The molecule has 0 spiro atoms. The van der Waals surface area contributed by atoms with Crippen molar-refractivity contribution in [2.45, 2.75) is 6.92 Å². The van der Waals surface area contributed by atoms with Gasteiger partial charge in [0.1, 0.15) is 0 Å². The molecule has 9 heteroatoms. The Hall–Kier alpha value is 0.260. The SMILES string of the molecule is CCNP(=O)(O)OP(=O)(O)O. The van der Waals surface area contributed by atoms with Gasteiger partial charge >= 0.3 is 15.6 Å². The van der Waals surface area contributed by atoms with Crippen LogP contribution in [0.1, 0.15) is 6.92 Å². The molecule has 0 aliphatic carbocycles. The third kappa shape index (κ3) is 6.65. The van der Waals surface area contributed by atoms with Crippen LogP contribution in [-0.4, -0.2) is 21.2 Å². The van der Waals surface area contributed by atoms with Crippen LogP contribution in [0.15, 0.2) is 0 Å². The lowest BCUT2D eigenvalue weighted by atomic mass is 10.8. The third-order valence-corrected chi connectivity index (χ3v) is 3.03. The molecule has 0 aromatic heterocycles. The summed E-state index contributed by atoms with van der Waals surface area (Å²) in [5.74, 6) is 0. The Balaban J connectivity index is 4.14. The van der Waals surface area contributed by atoms with Crippen molar-refractivity contribution in [3.63, 3.8) is 0 Å². The fourth-order valence-electron chi connectivity index (χ4n) is 0.373. The van der Waals surface area contributed by atoms with Crippen molar-refractivity contribution in [1.29, 1.82) is 0 Å². The maximum atomic E-state index is 10.6. The first-order valence-corrected chi connectivity index (χ1v) is 5.72. The molecule has 11 heavy (non-hydrogen) atoms. The topological polar surface area (TPSA) is 116 Å². The highest BCUT2D eigenvalue weighted by molar-refractivity contribution is 7.62. The molecule has 0 saturated heterocycles. The fraction of sp³-hybridized carbons (Fsp3) is 1.00. The normalized spacial score (nSPS) is 17.8. The van der Waals surface area contributed by atoms with Crippen LogP contribution >= 0.6 is 15.6 Å². The van der Waals surface area contributed by atoms with E-state index in [-0.39, 0.29) is 6.54 Å². The van der Waals surface area contributed by atoms with Gasteiger partial charge < -0.3 is 14.7 Å². The van der Waals surface area contributed by atoms with Gasteiger partial charge in [0.05, 0.1) is 0 Å². The summed E-state index contributed by atoms with van der Waals surface area (Å²) >= 11 is 0. The summed E-state index contributed by atoms with van der Waals surface area (Å²) < 4.78 is 24.1. The fourth-order valence-corrected chi connectivity index (χ4v) is 2.16. The minimum atomic E-state index is -4.89. The first-order valence-electron chi connectivity index (χ1n) is 2.61. The van der Waals surface area contributed by atoms with Gasteiger partial charge in [0.2, 0.25) is 0 Å². The molecule has 0 aliphatic heterocycles. The molecule has 0 saturated carbocycles. The monoisotopic (exact) mass is 205 g/mol. The Kier molecular flexibility index (Phi) is 3.87. The molecule has 1 unspecified atom stereocenters. The number of rotatable bonds is 4. The van der Waals surface area contributed by atoms with Crippen molar-refractivity contribution in [2.24, 2.45) is 0 Å². The molecule has 0 bridgehead atoms. The second-order valence-electron chi connectivity index (χ2n) is 1.60. The summed E-state index contributed by atoms with van der Waals surface area (Å²) in [7, 11) is -9.22. The van der Waals surface area contributed by atoms with Gasteiger partial charge in [-0.1, -0.05) is 6.92 Å². The second-order valence-corrected chi connectivity index (χ2v) is 4.60. The van der Waals surface area contributed by atoms with Gasteiger partial charge in [0.25, 0.3) is 0 Å². The Morgan fingerprint density at radius 2 is 1.82 bits per heavy atom. The van der Waals surface area contributed by atoms with Crippen molar-refractivity contribution in [1.82, 2.24) is 5.09 Å². The predicted molar refractivity (Wildman–Crippen MR) is 36.6 cm³/mol. The molecule has 0 radical (unpaired) electrons. The lowest BCUT2D eigenvalue weighted by molar-refractivity contribution is 0.259. The van der Waals surface area contributed by atoms with E-state index in [9.17, 15) is 9.13 Å². The Morgan fingerprint density at radius 1 is 1.36 bits per heavy atom. The van der Waals surface area contributed by atoms with E-state index in [1.165, 1.54) is 6.92 Å². The van der Waals surface area contributed by atoms with E-state index in [1.807, 2.05) is 5.09 Å². The van der Waals surface area contributed by atoms with Crippen molar-refractivity contribution in [2.75, 3.05) is 6.54 Å². The van der Waals surface area contributed by atoms with Crippen molar-refractivity contribution >= 4 is 15.6 Å². The van der Waals surface area contributed by atoms with Crippen LogP contribution < -0.4 is 5.09 Å². The molecule has 0 amide bonds. The van der Waals surface area contributed by atoms with Crippen LogP contribution in [0.5, 0.6) is 0 Å². The highest BCUT2D eigenvalue weighted by Crippen LogP contribution is 2.53. The summed E-state index contributed by atoms with van der Waals surface area (Å²) in [6.07, 6.45) is 0. The predicted octanol–water partition coefficient (Wildman–Crippen LogP) is -0.194. The molecular formula is C2H9NO6P2. The molecule has 0 aromatic rings. The lowest BCUT2D eigenvalue weighted by Gasteiger charge is -2.11. The van der Waals surface area contributed by atoms with Crippen LogP contribution in [0.3, 0.4) is 0 Å². The molecule has 7 nitrogen and oxygen atoms in total. The molecule has 4 N–H and O–H groups in total. The van der Waals surface area contributed by atoms with E-state index in [1.54, 1.807) is 0 Å².